The smallest absolute Gasteiger partial charge is 0.339 e. The van der Waals surface area contributed by atoms with E-state index in [1.165, 1.54) is 24.5 Å². The molecule has 1 amide bonds. The second-order valence-corrected chi connectivity index (χ2v) is 5.87. The van der Waals surface area contributed by atoms with Crippen LogP contribution in [0.15, 0.2) is 18.2 Å². The zero-order chi connectivity index (χ0) is 16.3. The predicted molar refractivity (Wildman–Crippen MR) is 82.7 cm³/mol. The van der Waals surface area contributed by atoms with E-state index >= 15 is 0 Å². The molecular weight excluding hydrogens is 304 g/mol. The first kappa shape index (κ1) is 16.0. The van der Waals surface area contributed by atoms with Crippen molar-refractivity contribution in [1.82, 2.24) is 10.3 Å². The Hall–Kier alpha value is -2.41. The Morgan fingerprint density at radius 3 is 2.64 bits per heavy atom. The molecule has 2 N–H and O–H groups in total. The van der Waals surface area contributed by atoms with Crippen LogP contribution in [0.4, 0.5) is 0 Å². The summed E-state index contributed by atoms with van der Waals surface area (Å²) in [5.74, 6) is -0.994. The largest absolute Gasteiger partial charge is 0.496 e. The van der Waals surface area contributed by atoms with Crippen LogP contribution < -0.4 is 10.1 Å². The standard InChI is InChI=1S/C15H16N2O4S/c1-8-13(22-9(2)17-8)14(18)16-7-10-4-5-12(21-3)11(6-10)15(19)20/h4-6H,7H2,1-3H3,(H,16,18)(H,19,20). The van der Waals surface area contributed by atoms with Gasteiger partial charge in [0, 0.05) is 6.54 Å². The molecule has 0 bridgehead atoms. The maximum Gasteiger partial charge on any atom is 0.339 e. The van der Waals surface area contributed by atoms with Crippen molar-refractivity contribution in [2.75, 3.05) is 7.11 Å². The number of carboxylic acids is 1. The fourth-order valence-electron chi connectivity index (χ4n) is 2.04. The molecule has 2 aromatic rings. The number of rotatable bonds is 5. The molecule has 6 nitrogen and oxygen atoms in total. The minimum absolute atomic E-state index is 0.0686. The lowest BCUT2D eigenvalue weighted by atomic mass is 10.1. The van der Waals surface area contributed by atoms with Gasteiger partial charge in [-0.1, -0.05) is 6.07 Å². The number of nitrogens with one attached hydrogen (secondary N) is 1. The maximum absolute atomic E-state index is 12.1. The topological polar surface area (TPSA) is 88.5 Å². The number of hydrogen-bond donors (Lipinski definition) is 2. The van der Waals surface area contributed by atoms with Crippen LogP contribution in [0.3, 0.4) is 0 Å². The van der Waals surface area contributed by atoms with Gasteiger partial charge in [-0.2, -0.15) is 0 Å². The number of aryl methyl sites for hydroxylation is 2. The SMILES string of the molecule is COc1ccc(CNC(=O)c2sc(C)nc2C)cc1C(=O)O. The quantitative estimate of drug-likeness (QED) is 0.883. The highest BCUT2D eigenvalue weighted by atomic mass is 32.1. The average molecular weight is 320 g/mol. The first-order valence-electron chi connectivity index (χ1n) is 6.54. The number of hydrogen-bond acceptors (Lipinski definition) is 5. The highest BCUT2D eigenvalue weighted by Gasteiger charge is 2.15. The number of nitrogens with zero attached hydrogens (tertiary/aromatic N) is 1. The highest BCUT2D eigenvalue weighted by molar-refractivity contribution is 7.13. The van der Waals surface area contributed by atoms with Crippen LogP contribution in [0.25, 0.3) is 0 Å². The summed E-state index contributed by atoms with van der Waals surface area (Å²) in [4.78, 5) is 28.1. The molecular formula is C15H16N2O4S. The van der Waals surface area contributed by atoms with Crippen LogP contribution in [0.1, 0.15) is 36.3 Å². The van der Waals surface area contributed by atoms with Gasteiger partial charge in [0.1, 0.15) is 16.2 Å². The number of carbonyl (C=O) groups is 2. The summed E-state index contributed by atoms with van der Waals surface area (Å²) >= 11 is 1.33. The summed E-state index contributed by atoms with van der Waals surface area (Å²) in [6, 6.07) is 4.79. The van der Waals surface area contributed by atoms with Gasteiger partial charge < -0.3 is 15.2 Å². The minimum atomic E-state index is -1.07. The van der Waals surface area contributed by atoms with Crippen molar-refractivity contribution in [3.05, 3.63) is 44.9 Å². The third-order valence-corrected chi connectivity index (χ3v) is 4.13. The van der Waals surface area contributed by atoms with Crippen molar-refractivity contribution in [3.8, 4) is 5.75 Å². The van der Waals surface area contributed by atoms with Gasteiger partial charge in [0.15, 0.2) is 0 Å². The van der Waals surface area contributed by atoms with Gasteiger partial charge in [0.2, 0.25) is 0 Å². The molecule has 7 heteroatoms. The number of carbonyl (C=O) groups excluding carboxylic acids is 1. The van der Waals surface area contributed by atoms with Crippen LogP contribution in [-0.2, 0) is 6.54 Å². The first-order valence-corrected chi connectivity index (χ1v) is 7.36. The van der Waals surface area contributed by atoms with Crippen molar-refractivity contribution in [2.24, 2.45) is 0 Å². The maximum atomic E-state index is 12.1. The Morgan fingerprint density at radius 1 is 1.36 bits per heavy atom. The van der Waals surface area contributed by atoms with E-state index in [1.807, 2.05) is 6.92 Å². The minimum Gasteiger partial charge on any atom is -0.496 e. The predicted octanol–water partition coefficient (Wildman–Crippen LogP) is 2.40. The Kier molecular flexibility index (Phi) is 4.77. The van der Waals surface area contributed by atoms with Gasteiger partial charge in [-0.3, -0.25) is 4.79 Å². The molecule has 0 saturated carbocycles. The molecule has 0 fully saturated rings. The van der Waals surface area contributed by atoms with E-state index in [0.29, 0.717) is 16.1 Å². The monoisotopic (exact) mass is 320 g/mol. The lowest BCUT2D eigenvalue weighted by molar-refractivity contribution is 0.0693. The molecule has 1 aromatic carbocycles. The normalized spacial score (nSPS) is 10.3. The van der Waals surface area contributed by atoms with E-state index in [4.69, 9.17) is 9.84 Å². The zero-order valence-electron chi connectivity index (χ0n) is 12.5. The molecule has 0 atom stereocenters. The number of amides is 1. The van der Waals surface area contributed by atoms with Gasteiger partial charge in [-0.15, -0.1) is 11.3 Å². The molecule has 0 aliphatic carbocycles. The van der Waals surface area contributed by atoms with Gasteiger partial charge in [-0.25, -0.2) is 9.78 Å². The van der Waals surface area contributed by atoms with Crippen molar-refractivity contribution >= 4 is 23.2 Å². The molecule has 116 valence electrons. The van der Waals surface area contributed by atoms with Crippen LogP contribution >= 0.6 is 11.3 Å². The fraction of sp³-hybridized carbons (Fsp3) is 0.267. The number of benzene rings is 1. The zero-order valence-corrected chi connectivity index (χ0v) is 13.3. The molecule has 0 radical (unpaired) electrons. The van der Waals surface area contributed by atoms with E-state index in [1.54, 1.807) is 19.1 Å². The third-order valence-electron chi connectivity index (χ3n) is 3.06. The Bertz CT molecular complexity index is 724. The Labute approximate surface area is 131 Å². The molecule has 1 aromatic heterocycles. The fourth-order valence-corrected chi connectivity index (χ4v) is 2.87. The van der Waals surface area contributed by atoms with E-state index < -0.39 is 5.97 Å². The molecule has 2 rings (SSSR count). The van der Waals surface area contributed by atoms with E-state index in [9.17, 15) is 9.59 Å². The molecule has 0 saturated heterocycles. The van der Waals surface area contributed by atoms with Crippen LogP contribution in [0.5, 0.6) is 5.75 Å². The number of aromatic nitrogens is 1. The number of ether oxygens (including phenoxy) is 1. The van der Waals surface area contributed by atoms with Gasteiger partial charge in [0.25, 0.3) is 5.91 Å². The summed E-state index contributed by atoms with van der Waals surface area (Å²) in [5.41, 5.74) is 1.45. The molecule has 0 spiro atoms. The lowest BCUT2D eigenvalue weighted by Gasteiger charge is -2.08. The molecule has 0 aliphatic heterocycles. The van der Waals surface area contributed by atoms with Crippen LogP contribution in [-0.4, -0.2) is 29.1 Å². The van der Waals surface area contributed by atoms with E-state index in [2.05, 4.69) is 10.3 Å². The molecule has 0 aliphatic rings. The van der Waals surface area contributed by atoms with Crippen molar-refractivity contribution in [3.63, 3.8) is 0 Å². The molecule has 1 heterocycles. The van der Waals surface area contributed by atoms with Crippen LogP contribution in [0, 0.1) is 13.8 Å². The van der Waals surface area contributed by atoms with Crippen molar-refractivity contribution in [1.29, 1.82) is 0 Å². The number of methoxy groups -OCH3 is 1. The highest BCUT2D eigenvalue weighted by Crippen LogP contribution is 2.20. The van der Waals surface area contributed by atoms with Gasteiger partial charge >= 0.3 is 5.97 Å². The third kappa shape index (κ3) is 3.43. The van der Waals surface area contributed by atoms with Gasteiger partial charge in [-0.05, 0) is 31.5 Å². The first-order chi connectivity index (χ1) is 10.4. The summed E-state index contributed by atoms with van der Waals surface area (Å²) in [7, 11) is 1.41. The average Bonchev–Trinajstić information content (AvgIpc) is 2.83. The van der Waals surface area contributed by atoms with Crippen molar-refractivity contribution < 1.29 is 19.4 Å². The number of aromatic carboxylic acids is 1. The molecule has 0 unspecified atom stereocenters. The van der Waals surface area contributed by atoms with Gasteiger partial charge in [0.05, 0.1) is 17.8 Å². The summed E-state index contributed by atoms with van der Waals surface area (Å²) < 4.78 is 5.00. The van der Waals surface area contributed by atoms with Crippen LogP contribution in [0.2, 0.25) is 0 Å². The number of thiazole rings is 1. The summed E-state index contributed by atoms with van der Waals surface area (Å²) in [5, 5.41) is 12.7. The van der Waals surface area contributed by atoms with E-state index in [0.717, 1.165) is 5.01 Å². The summed E-state index contributed by atoms with van der Waals surface area (Å²) in [6.45, 7) is 3.87. The lowest BCUT2D eigenvalue weighted by Crippen LogP contribution is -2.22. The number of carboxylic acid groups (broad SMARTS) is 1. The Morgan fingerprint density at radius 2 is 2.09 bits per heavy atom. The summed E-state index contributed by atoms with van der Waals surface area (Å²) in [6.07, 6.45) is 0. The Balaban J connectivity index is 2.11. The van der Waals surface area contributed by atoms with Crippen molar-refractivity contribution in [2.45, 2.75) is 20.4 Å². The van der Waals surface area contributed by atoms with E-state index in [-0.39, 0.29) is 23.8 Å². The second-order valence-electron chi connectivity index (χ2n) is 4.67. The molecule has 22 heavy (non-hydrogen) atoms. The second kappa shape index (κ2) is 6.57.